The van der Waals surface area contributed by atoms with Gasteiger partial charge in [-0.2, -0.15) is 0 Å². The summed E-state index contributed by atoms with van der Waals surface area (Å²) in [6, 6.07) is 13.8. The van der Waals surface area contributed by atoms with Gasteiger partial charge < -0.3 is 14.5 Å². The van der Waals surface area contributed by atoms with E-state index in [1.807, 2.05) is 0 Å². The zero-order valence-corrected chi connectivity index (χ0v) is 16.4. The summed E-state index contributed by atoms with van der Waals surface area (Å²) >= 11 is 18.3. The van der Waals surface area contributed by atoms with Crippen LogP contribution >= 0.6 is 34.8 Å². The Morgan fingerprint density at radius 3 is 2.63 bits per heavy atom. The number of hydrogen-bond donors (Lipinski definition) is 1. The Labute approximate surface area is 171 Å². The van der Waals surface area contributed by atoms with Crippen molar-refractivity contribution in [3.8, 4) is 17.1 Å². The molecule has 0 atom stereocenters. The van der Waals surface area contributed by atoms with Gasteiger partial charge in [-0.1, -0.05) is 40.9 Å². The molecule has 1 aromatic heterocycles. The van der Waals surface area contributed by atoms with Crippen molar-refractivity contribution in [1.29, 1.82) is 0 Å². The van der Waals surface area contributed by atoms with E-state index in [0.717, 1.165) is 0 Å². The second-order valence-corrected chi connectivity index (χ2v) is 6.67. The molecule has 0 unspecified atom stereocenters. The number of anilines is 1. The van der Waals surface area contributed by atoms with Gasteiger partial charge in [-0.25, -0.2) is 0 Å². The lowest BCUT2D eigenvalue weighted by Crippen LogP contribution is -2.07. The number of nitrogens with one attached hydrogen (secondary N) is 1. The first kappa shape index (κ1) is 19.4. The molecule has 3 aromatic rings. The molecule has 0 spiro atoms. The molecule has 1 N–H and O–H groups in total. The summed E-state index contributed by atoms with van der Waals surface area (Å²) < 4.78 is 10.8. The lowest BCUT2D eigenvalue weighted by Gasteiger charge is -2.06. The Morgan fingerprint density at radius 1 is 1.07 bits per heavy atom. The van der Waals surface area contributed by atoms with Gasteiger partial charge in [0.1, 0.15) is 17.3 Å². The van der Waals surface area contributed by atoms with Crippen molar-refractivity contribution in [1.82, 2.24) is 0 Å². The van der Waals surface area contributed by atoms with Crippen LogP contribution in [0.5, 0.6) is 5.75 Å². The van der Waals surface area contributed by atoms with Gasteiger partial charge in [-0.3, -0.25) is 4.79 Å². The minimum atomic E-state index is -0.324. The number of carbonyl (C=O) groups excluding carboxylic acids is 1. The van der Waals surface area contributed by atoms with E-state index >= 15 is 0 Å². The minimum Gasteiger partial charge on any atom is -0.495 e. The highest BCUT2D eigenvalue weighted by Crippen LogP contribution is 2.34. The minimum absolute atomic E-state index is 0.324. The van der Waals surface area contributed by atoms with E-state index in [0.29, 0.717) is 43.6 Å². The molecule has 0 saturated carbocycles. The molecule has 4 nitrogen and oxygen atoms in total. The van der Waals surface area contributed by atoms with E-state index in [4.69, 9.17) is 44.0 Å². The normalized spacial score (nSPS) is 11.0. The Hall–Kier alpha value is -2.40. The summed E-state index contributed by atoms with van der Waals surface area (Å²) in [5.74, 6) is 1.27. The molecule has 27 heavy (non-hydrogen) atoms. The first-order chi connectivity index (χ1) is 13.0. The molecular formula is C20H14Cl3NO3. The second kappa shape index (κ2) is 8.53. The fourth-order valence-electron chi connectivity index (χ4n) is 2.37. The van der Waals surface area contributed by atoms with Crippen LogP contribution in [0.1, 0.15) is 5.76 Å². The molecule has 0 aliphatic carbocycles. The quantitative estimate of drug-likeness (QED) is 0.473. The summed E-state index contributed by atoms with van der Waals surface area (Å²) in [7, 11) is 1.52. The summed E-state index contributed by atoms with van der Waals surface area (Å²) in [4.78, 5) is 12.1. The zero-order valence-electron chi connectivity index (χ0n) is 14.1. The van der Waals surface area contributed by atoms with Crippen LogP contribution < -0.4 is 10.1 Å². The van der Waals surface area contributed by atoms with Gasteiger partial charge in [0.25, 0.3) is 0 Å². The first-order valence-corrected chi connectivity index (χ1v) is 8.98. The maximum absolute atomic E-state index is 12.1. The summed E-state index contributed by atoms with van der Waals surface area (Å²) in [6.45, 7) is 0. The first-order valence-electron chi connectivity index (χ1n) is 7.85. The van der Waals surface area contributed by atoms with Crippen LogP contribution in [-0.2, 0) is 4.79 Å². The topological polar surface area (TPSA) is 51.5 Å². The van der Waals surface area contributed by atoms with Crippen LogP contribution in [0.25, 0.3) is 17.4 Å². The van der Waals surface area contributed by atoms with Gasteiger partial charge in [-0.15, -0.1) is 0 Å². The fraction of sp³-hybridized carbons (Fsp3) is 0.0500. The molecule has 0 fully saturated rings. The number of benzene rings is 2. The number of rotatable bonds is 5. The molecule has 0 aliphatic rings. The highest BCUT2D eigenvalue weighted by molar-refractivity contribution is 6.43. The van der Waals surface area contributed by atoms with Gasteiger partial charge in [0, 0.05) is 17.3 Å². The number of halogens is 3. The maximum Gasteiger partial charge on any atom is 0.248 e. The molecule has 7 heteroatoms. The standard InChI is InChI=1S/C20H14Cl3NO3/c1-26-18-8-5-12(11-16(18)22)24-19(25)10-7-13-6-9-17(27-13)14-3-2-4-15(21)20(14)23/h2-11H,1H3,(H,24,25). The number of carbonyl (C=O) groups is 1. The van der Waals surface area contributed by atoms with E-state index in [-0.39, 0.29) is 5.91 Å². The number of furan rings is 1. The van der Waals surface area contributed by atoms with Crippen molar-refractivity contribution in [2.24, 2.45) is 0 Å². The van der Waals surface area contributed by atoms with Crippen molar-refractivity contribution in [2.45, 2.75) is 0 Å². The third-order valence-corrected chi connectivity index (χ3v) is 4.78. The molecule has 138 valence electrons. The molecule has 2 aromatic carbocycles. The molecule has 3 rings (SSSR count). The monoisotopic (exact) mass is 421 g/mol. The highest BCUT2D eigenvalue weighted by Gasteiger charge is 2.10. The van der Waals surface area contributed by atoms with E-state index in [2.05, 4.69) is 5.32 Å². The summed E-state index contributed by atoms with van der Waals surface area (Å²) in [6.07, 6.45) is 2.92. The van der Waals surface area contributed by atoms with E-state index in [9.17, 15) is 4.79 Å². The van der Waals surface area contributed by atoms with E-state index in [1.165, 1.54) is 13.2 Å². The van der Waals surface area contributed by atoms with Gasteiger partial charge >= 0.3 is 0 Å². The van der Waals surface area contributed by atoms with Crippen molar-refractivity contribution in [2.75, 3.05) is 12.4 Å². The van der Waals surface area contributed by atoms with Crippen LogP contribution in [0.15, 0.2) is 59.0 Å². The van der Waals surface area contributed by atoms with Crippen molar-refractivity contribution < 1.29 is 13.9 Å². The van der Waals surface area contributed by atoms with Crippen LogP contribution in [0, 0.1) is 0 Å². The van der Waals surface area contributed by atoms with Crippen molar-refractivity contribution in [3.63, 3.8) is 0 Å². The second-order valence-electron chi connectivity index (χ2n) is 5.48. The van der Waals surface area contributed by atoms with Gasteiger partial charge in [0.2, 0.25) is 5.91 Å². The number of hydrogen-bond acceptors (Lipinski definition) is 3. The maximum atomic E-state index is 12.1. The van der Waals surface area contributed by atoms with Crippen LogP contribution in [0.4, 0.5) is 5.69 Å². The molecule has 0 radical (unpaired) electrons. The van der Waals surface area contributed by atoms with E-state index in [1.54, 1.807) is 54.6 Å². The Morgan fingerprint density at radius 2 is 1.89 bits per heavy atom. The average Bonchev–Trinajstić information content (AvgIpc) is 3.11. The lowest BCUT2D eigenvalue weighted by atomic mass is 10.2. The lowest BCUT2D eigenvalue weighted by molar-refractivity contribution is -0.111. The summed E-state index contributed by atoms with van der Waals surface area (Å²) in [5, 5.41) is 3.98. The third kappa shape index (κ3) is 4.66. The largest absolute Gasteiger partial charge is 0.495 e. The van der Waals surface area contributed by atoms with Gasteiger partial charge in [0.15, 0.2) is 0 Å². The molecule has 0 aliphatic heterocycles. The Kier molecular flexibility index (Phi) is 6.11. The predicted octanol–water partition coefficient (Wildman–Crippen LogP) is 6.57. The Bertz CT molecular complexity index is 1010. The molecular weight excluding hydrogens is 409 g/mol. The van der Waals surface area contributed by atoms with Crippen molar-refractivity contribution >= 4 is 52.5 Å². The number of amides is 1. The molecule has 1 heterocycles. The number of ether oxygens (including phenoxy) is 1. The molecule has 0 saturated heterocycles. The smallest absolute Gasteiger partial charge is 0.248 e. The third-order valence-electron chi connectivity index (χ3n) is 3.66. The highest BCUT2D eigenvalue weighted by atomic mass is 35.5. The zero-order chi connectivity index (χ0) is 19.4. The van der Waals surface area contributed by atoms with Gasteiger partial charge in [-0.05, 0) is 48.5 Å². The van der Waals surface area contributed by atoms with Crippen molar-refractivity contribution in [3.05, 3.63) is 75.4 Å². The van der Waals surface area contributed by atoms with E-state index < -0.39 is 0 Å². The SMILES string of the molecule is COc1ccc(NC(=O)C=Cc2ccc(-c3cccc(Cl)c3Cl)o2)cc1Cl. The van der Waals surface area contributed by atoms with Crippen LogP contribution in [-0.4, -0.2) is 13.0 Å². The average molecular weight is 423 g/mol. The van der Waals surface area contributed by atoms with Gasteiger partial charge in [0.05, 0.1) is 22.2 Å². The van der Waals surface area contributed by atoms with Crippen LogP contribution in [0.3, 0.4) is 0 Å². The number of methoxy groups -OCH3 is 1. The summed E-state index contributed by atoms with van der Waals surface area (Å²) in [5.41, 5.74) is 1.24. The molecule has 1 amide bonds. The Balaban J connectivity index is 1.69. The van der Waals surface area contributed by atoms with Crippen LogP contribution in [0.2, 0.25) is 15.1 Å². The predicted molar refractivity (Wildman–Crippen MR) is 110 cm³/mol. The fourth-order valence-corrected chi connectivity index (χ4v) is 3.02. The molecule has 0 bridgehead atoms.